The smallest absolute Gasteiger partial charge is 0.0178 e. The summed E-state index contributed by atoms with van der Waals surface area (Å²) in [4.78, 5) is 1.48. The van der Waals surface area contributed by atoms with Crippen molar-refractivity contribution in [3.05, 3.63) is 56.7 Å². The van der Waals surface area contributed by atoms with Gasteiger partial charge >= 0.3 is 0 Å². The molecule has 0 saturated heterocycles. The van der Waals surface area contributed by atoms with Crippen LogP contribution < -0.4 is 5.32 Å². The van der Waals surface area contributed by atoms with Gasteiger partial charge in [0.2, 0.25) is 0 Å². The fraction of sp³-hybridized carbons (Fsp3) is 0.375. The normalized spacial score (nSPS) is 12.5. The summed E-state index contributed by atoms with van der Waals surface area (Å²) in [6.45, 7) is 3.21. The SMILES string of the molecule is CCNC(CCc1cccs1)Cc1cccc(Br)c1. The van der Waals surface area contributed by atoms with Crippen molar-refractivity contribution in [2.45, 2.75) is 32.2 Å². The van der Waals surface area contributed by atoms with Crippen LogP contribution in [0.1, 0.15) is 23.8 Å². The first kappa shape index (κ1) is 14.8. The number of aryl methyl sites for hydroxylation is 1. The Bertz CT molecular complexity index is 481. The molecule has 0 aliphatic rings. The molecule has 102 valence electrons. The molecule has 0 aliphatic heterocycles. The van der Waals surface area contributed by atoms with Gasteiger partial charge in [-0.25, -0.2) is 0 Å². The van der Waals surface area contributed by atoms with Crippen LogP contribution in [-0.4, -0.2) is 12.6 Å². The molecule has 0 fully saturated rings. The lowest BCUT2D eigenvalue weighted by Crippen LogP contribution is -2.31. The van der Waals surface area contributed by atoms with Crippen LogP contribution in [0.2, 0.25) is 0 Å². The fourth-order valence-electron chi connectivity index (χ4n) is 2.28. The number of benzene rings is 1. The Kier molecular flexibility index (Phi) is 6.08. The number of rotatable bonds is 7. The van der Waals surface area contributed by atoms with E-state index in [1.165, 1.54) is 27.8 Å². The van der Waals surface area contributed by atoms with Crippen molar-refractivity contribution in [1.29, 1.82) is 0 Å². The zero-order valence-corrected chi connectivity index (χ0v) is 13.6. The summed E-state index contributed by atoms with van der Waals surface area (Å²) in [5, 5.41) is 5.76. The molecule has 0 amide bonds. The van der Waals surface area contributed by atoms with Gasteiger partial charge in [-0.3, -0.25) is 0 Å². The molecule has 3 heteroatoms. The van der Waals surface area contributed by atoms with E-state index < -0.39 is 0 Å². The summed E-state index contributed by atoms with van der Waals surface area (Å²) in [5.74, 6) is 0. The van der Waals surface area contributed by atoms with Gasteiger partial charge in [0.25, 0.3) is 0 Å². The van der Waals surface area contributed by atoms with Crippen LogP contribution in [0, 0.1) is 0 Å². The number of hydrogen-bond acceptors (Lipinski definition) is 2. The summed E-state index contributed by atoms with van der Waals surface area (Å²) in [6.07, 6.45) is 3.46. The Balaban J connectivity index is 1.91. The predicted octanol–water partition coefficient (Wildman–Crippen LogP) is 4.66. The molecule has 1 nitrogen and oxygen atoms in total. The highest BCUT2D eigenvalue weighted by Crippen LogP contribution is 2.16. The summed E-state index contributed by atoms with van der Waals surface area (Å²) < 4.78 is 1.17. The minimum atomic E-state index is 0.557. The molecule has 1 aromatic heterocycles. The van der Waals surface area contributed by atoms with Crippen molar-refractivity contribution < 1.29 is 0 Å². The van der Waals surface area contributed by atoms with Gasteiger partial charge in [-0.1, -0.05) is 41.1 Å². The quantitative estimate of drug-likeness (QED) is 0.774. The van der Waals surface area contributed by atoms with E-state index in [0.29, 0.717) is 6.04 Å². The lowest BCUT2D eigenvalue weighted by Gasteiger charge is -2.17. The average molecular weight is 338 g/mol. The van der Waals surface area contributed by atoms with E-state index in [-0.39, 0.29) is 0 Å². The van der Waals surface area contributed by atoms with E-state index in [9.17, 15) is 0 Å². The summed E-state index contributed by atoms with van der Waals surface area (Å²) in [5.41, 5.74) is 1.39. The van der Waals surface area contributed by atoms with Gasteiger partial charge in [0.1, 0.15) is 0 Å². The van der Waals surface area contributed by atoms with Crippen molar-refractivity contribution in [3.8, 4) is 0 Å². The number of halogens is 1. The summed E-state index contributed by atoms with van der Waals surface area (Å²) in [7, 11) is 0. The van der Waals surface area contributed by atoms with E-state index in [1.807, 2.05) is 11.3 Å². The highest BCUT2D eigenvalue weighted by Gasteiger charge is 2.09. The Labute approximate surface area is 128 Å². The van der Waals surface area contributed by atoms with Crippen molar-refractivity contribution in [3.63, 3.8) is 0 Å². The molecule has 2 rings (SSSR count). The Hall–Kier alpha value is -0.640. The minimum Gasteiger partial charge on any atom is -0.314 e. The molecule has 1 unspecified atom stereocenters. The maximum Gasteiger partial charge on any atom is 0.0178 e. The second-order valence-electron chi connectivity index (χ2n) is 4.71. The van der Waals surface area contributed by atoms with E-state index >= 15 is 0 Å². The lowest BCUT2D eigenvalue weighted by atomic mass is 10.0. The van der Waals surface area contributed by atoms with Gasteiger partial charge < -0.3 is 5.32 Å². The first-order valence-corrected chi connectivity index (χ1v) is 8.45. The molecule has 0 radical (unpaired) electrons. The van der Waals surface area contributed by atoms with Crippen molar-refractivity contribution >= 4 is 27.3 Å². The number of likely N-dealkylation sites (N-methyl/N-ethyl adjacent to an activating group) is 1. The first-order valence-electron chi connectivity index (χ1n) is 6.78. The molecular weight excluding hydrogens is 318 g/mol. The molecule has 1 atom stereocenters. The van der Waals surface area contributed by atoms with Crippen LogP contribution in [0.4, 0.5) is 0 Å². The molecule has 1 N–H and O–H groups in total. The zero-order chi connectivity index (χ0) is 13.5. The van der Waals surface area contributed by atoms with E-state index in [4.69, 9.17) is 0 Å². The standard InChI is InChI=1S/C16H20BrNS/c1-2-18-15(8-9-16-7-4-10-19-16)12-13-5-3-6-14(17)11-13/h3-7,10-11,15,18H,2,8-9,12H2,1H3. The van der Waals surface area contributed by atoms with Gasteiger partial charge in [-0.2, -0.15) is 0 Å². The van der Waals surface area contributed by atoms with Crippen molar-refractivity contribution in [1.82, 2.24) is 5.32 Å². The molecular formula is C16H20BrNS. The molecule has 19 heavy (non-hydrogen) atoms. The lowest BCUT2D eigenvalue weighted by molar-refractivity contribution is 0.492. The van der Waals surface area contributed by atoms with Crippen molar-refractivity contribution in [2.75, 3.05) is 6.54 Å². The van der Waals surface area contributed by atoms with Crippen LogP contribution >= 0.6 is 27.3 Å². The zero-order valence-electron chi connectivity index (χ0n) is 11.2. The molecule has 0 spiro atoms. The Morgan fingerprint density at radius 3 is 2.84 bits per heavy atom. The maximum atomic E-state index is 3.60. The van der Waals surface area contributed by atoms with Gasteiger partial charge in [-0.05, 0) is 54.9 Å². The molecule has 0 saturated carbocycles. The van der Waals surface area contributed by atoms with E-state index in [0.717, 1.165) is 13.0 Å². The number of thiophene rings is 1. The van der Waals surface area contributed by atoms with Gasteiger partial charge in [0.15, 0.2) is 0 Å². The summed E-state index contributed by atoms with van der Waals surface area (Å²) in [6, 6.07) is 13.5. The largest absolute Gasteiger partial charge is 0.314 e. The van der Waals surface area contributed by atoms with Gasteiger partial charge in [0.05, 0.1) is 0 Å². The second kappa shape index (κ2) is 7.83. The highest BCUT2D eigenvalue weighted by atomic mass is 79.9. The third-order valence-corrected chi connectivity index (χ3v) is 4.61. The molecule has 1 aromatic carbocycles. The van der Waals surface area contributed by atoms with Gasteiger partial charge in [0, 0.05) is 15.4 Å². The van der Waals surface area contributed by atoms with E-state index in [2.05, 4.69) is 69.9 Å². The average Bonchev–Trinajstić information content (AvgIpc) is 2.89. The third kappa shape index (κ3) is 5.09. The second-order valence-corrected chi connectivity index (χ2v) is 6.65. The maximum absolute atomic E-state index is 3.60. The number of nitrogens with one attached hydrogen (secondary N) is 1. The van der Waals surface area contributed by atoms with Crippen LogP contribution in [0.5, 0.6) is 0 Å². The summed E-state index contributed by atoms with van der Waals surface area (Å²) >= 11 is 5.40. The van der Waals surface area contributed by atoms with E-state index in [1.54, 1.807) is 0 Å². The monoisotopic (exact) mass is 337 g/mol. The fourth-order valence-corrected chi connectivity index (χ4v) is 3.46. The molecule has 2 aromatic rings. The Morgan fingerprint density at radius 1 is 1.26 bits per heavy atom. The third-order valence-electron chi connectivity index (χ3n) is 3.18. The minimum absolute atomic E-state index is 0.557. The highest BCUT2D eigenvalue weighted by molar-refractivity contribution is 9.10. The molecule has 0 aliphatic carbocycles. The topological polar surface area (TPSA) is 12.0 Å². The molecule has 0 bridgehead atoms. The predicted molar refractivity (Wildman–Crippen MR) is 88.0 cm³/mol. The van der Waals surface area contributed by atoms with Crippen molar-refractivity contribution in [2.24, 2.45) is 0 Å². The molecule has 1 heterocycles. The first-order chi connectivity index (χ1) is 9.28. The van der Waals surface area contributed by atoms with Crippen LogP contribution in [-0.2, 0) is 12.8 Å². The number of hydrogen-bond donors (Lipinski definition) is 1. The van der Waals surface area contributed by atoms with Gasteiger partial charge in [-0.15, -0.1) is 11.3 Å². The van der Waals surface area contributed by atoms with Crippen LogP contribution in [0.15, 0.2) is 46.3 Å². The van der Waals surface area contributed by atoms with Crippen LogP contribution in [0.3, 0.4) is 0 Å². The Morgan fingerprint density at radius 2 is 2.16 bits per heavy atom. The van der Waals surface area contributed by atoms with Crippen LogP contribution in [0.25, 0.3) is 0 Å².